The van der Waals surface area contributed by atoms with Crippen LogP contribution in [-0.4, -0.2) is 35.9 Å². The van der Waals surface area contributed by atoms with Crippen molar-refractivity contribution < 1.29 is 14.0 Å². The van der Waals surface area contributed by atoms with E-state index in [-0.39, 0.29) is 22.1 Å². The van der Waals surface area contributed by atoms with Crippen molar-refractivity contribution in [3.63, 3.8) is 0 Å². The number of rotatable bonds is 6. The Bertz CT molecular complexity index is 570. The van der Waals surface area contributed by atoms with E-state index in [2.05, 4.69) is 5.32 Å². The van der Waals surface area contributed by atoms with Crippen molar-refractivity contribution >= 4 is 40.9 Å². The van der Waals surface area contributed by atoms with Gasteiger partial charge in [-0.05, 0) is 36.8 Å². The molecule has 1 saturated heterocycles. The van der Waals surface area contributed by atoms with Gasteiger partial charge in [0, 0.05) is 25.7 Å². The van der Waals surface area contributed by atoms with Crippen LogP contribution in [0.3, 0.4) is 0 Å². The van der Waals surface area contributed by atoms with E-state index in [1.807, 2.05) is 0 Å². The summed E-state index contributed by atoms with van der Waals surface area (Å²) in [5, 5.41) is 2.68. The van der Waals surface area contributed by atoms with Crippen molar-refractivity contribution in [3.05, 3.63) is 29.0 Å². The van der Waals surface area contributed by atoms with Gasteiger partial charge in [-0.1, -0.05) is 11.6 Å². The minimum Gasteiger partial charge on any atom is -0.356 e. The maximum Gasteiger partial charge on any atom is 0.240 e. The second-order valence-electron chi connectivity index (χ2n) is 5.07. The van der Waals surface area contributed by atoms with Gasteiger partial charge in [0.2, 0.25) is 11.8 Å². The van der Waals surface area contributed by atoms with Crippen LogP contribution >= 0.6 is 23.4 Å². The summed E-state index contributed by atoms with van der Waals surface area (Å²) >= 11 is 7.25. The van der Waals surface area contributed by atoms with E-state index in [1.165, 1.54) is 19.1 Å². The number of hydrogen-bond acceptors (Lipinski definition) is 3. The van der Waals surface area contributed by atoms with Gasteiger partial charge in [0.25, 0.3) is 0 Å². The van der Waals surface area contributed by atoms with Gasteiger partial charge >= 0.3 is 0 Å². The molecule has 0 spiro atoms. The van der Waals surface area contributed by atoms with Crippen LogP contribution in [-0.2, 0) is 9.59 Å². The second kappa shape index (κ2) is 7.83. The molecule has 0 aromatic heterocycles. The summed E-state index contributed by atoms with van der Waals surface area (Å²) in [5.41, 5.74) is 0.549. The van der Waals surface area contributed by atoms with Gasteiger partial charge < -0.3 is 10.2 Å². The number of carbonyl (C=O) groups is 2. The quantitative estimate of drug-likeness (QED) is 0.807. The molecule has 1 aromatic rings. The zero-order valence-corrected chi connectivity index (χ0v) is 13.8. The maximum atomic E-state index is 13.5. The third-order valence-corrected chi connectivity index (χ3v) is 5.06. The summed E-state index contributed by atoms with van der Waals surface area (Å²) in [6.07, 6.45) is 1.57. The second-order valence-corrected chi connectivity index (χ2v) is 6.79. The van der Waals surface area contributed by atoms with E-state index >= 15 is 0 Å². The first-order chi connectivity index (χ1) is 10.5. The third kappa shape index (κ3) is 4.36. The molecule has 0 unspecified atom stereocenters. The molecule has 22 heavy (non-hydrogen) atoms. The number of nitrogens with one attached hydrogen (secondary N) is 1. The molecular weight excluding hydrogens is 327 g/mol. The topological polar surface area (TPSA) is 49.4 Å². The molecule has 2 amide bonds. The fraction of sp³-hybridized carbons (Fsp3) is 0.467. The molecule has 1 fully saturated rings. The number of thioether (sulfide) groups is 1. The van der Waals surface area contributed by atoms with Crippen molar-refractivity contribution in [2.75, 3.05) is 23.7 Å². The van der Waals surface area contributed by atoms with E-state index < -0.39 is 5.82 Å². The number of hydrogen-bond donors (Lipinski definition) is 1. The smallest absolute Gasteiger partial charge is 0.240 e. The first-order valence-electron chi connectivity index (χ1n) is 7.11. The molecule has 0 aliphatic carbocycles. The van der Waals surface area contributed by atoms with E-state index in [4.69, 9.17) is 11.6 Å². The predicted octanol–water partition coefficient (Wildman–Crippen LogP) is 2.84. The molecule has 120 valence electrons. The van der Waals surface area contributed by atoms with Crippen molar-refractivity contribution in [1.29, 1.82) is 0 Å². The molecule has 1 aromatic carbocycles. The predicted molar refractivity (Wildman–Crippen MR) is 87.9 cm³/mol. The van der Waals surface area contributed by atoms with Crippen molar-refractivity contribution in [3.8, 4) is 0 Å². The van der Waals surface area contributed by atoms with E-state index in [1.54, 1.807) is 22.7 Å². The Morgan fingerprint density at radius 3 is 3.00 bits per heavy atom. The van der Waals surface area contributed by atoms with Crippen LogP contribution in [0.15, 0.2) is 18.2 Å². The van der Waals surface area contributed by atoms with E-state index in [0.29, 0.717) is 18.8 Å². The van der Waals surface area contributed by atoms with E-state index in [0.717, 1.165) is 18.6 Å². The summed E-state index contributed by atoms with van der Waals surface area (Å²) in [6, 6.07) is 4.42. The van der Waals surface area contributed by atoms with Crippen LogP contribution in [0.4, 0.5) is 10.1 Å². The first kappa shape index (κ1) is 17.1. The lowest BCUT2D eigenvalue weighted by Gasteiger charge is -2.17. The molecule has 2 rings (SSSR count). The molecule has 0 bridgehead atoms. The highest BCUT2D eigenvalue weighted by molar-refractivity contribution is 8.00. The van der Waals surface area contributed by atoms with Crippen LogP contribution in [0.2, 0.25) is 5.02 Å². The van der Waals surface area contributed by atoms with Crippen LogP contribution in [0.1, 0.15) is 19.8 Å². The molecule has 1 atom stereocenters. The van der Waals surface area contributed by atoms with Gasteiger partial charge in [0.15, 0.2) is 0 Å². The fourth-order valence-electron chi connectivity index (χ4n) is 2.28. The Morgan fingerprint density at radius 1 is 1.55 bits per heavy atom. The van der Waals surface area contributed by atoms with Crippen LogP contribution in [0.5, 0.6) is 0 Å². The summed E-state index contributed by atoms with van der Waals surface area (Å²) in [4.78, 5) is 24.7. The lowest BCUT2D eigenvalue weighted by Crippen LogP contribution is -2.28. The molecule has 0 saturated carbocycles. The Morgan fingerprint density at radius 2 is 2.32 bits per heavy atom. The number of benzene rings is 1. The monoisotopic (exact) mass is 344 g/mol. The molecule has 1 aliphatic heterocycles. The summed E-state index contributed by atoms with van der Waals surface area (Å²) in [6.45, 7) is 2.69. The van der Waals surface area contributed by atoms with Gasteiger partial charge in [0.1, 0.15) is 5.82 Å². The molecule has 1 aliphatic rings. The number of halogens is 2. The zero-order valence-electron chi connectivity index (χ0n) is 12.3. The van der Waals surface area contributed by atoms with Gasteiger partial charge in [0.05, 0.1) is 10.3 Å². The highest BCUT2D eigenvalue weighted by Gasteiger charge is 2.32. The van der Waals surface area contributed by atoms with Gasteiger partial charge in [-0.3, -0.25) is 9.59 Å². The van der Waals surface area contributed by atoms with Crippen LogP contribution in [0.25, 0.3) is 0 Å². The average Bonchev–Trinajstić information content (AvgIpc) is 2.83. The lowest BCUT2D eigenvalue weighted by molar-refractivity contribution is -0.119. The third-order valence-electron chi connectivity index (χ3n) is 3.39. The van der Waals surface area contributed by atoms with Crippen molar-refractivity contribution in [2.45, 2.75) is 25.0 Å². The fourth-order valence-corrected chi connectivity index (χ4v) is 3.53. The van der Waals surface area contributed by atoms with Gasteiger partial charge in [-0.25, -0.2) is 4.39 Å². The first-order valence-corrected chi connectivity index (χ1v) is 8.54. The summed E-state index contributed by atoms with van der Waals surface area (Å²) in [7, 11) is 0. The van der Waals surface area contributed by atoms with Gasteiger partial charge in [-0.15, -0.1) is 11.8 Å². The zero-order chi connectivity index (χ0) is 16.1. The molecule has 0 radical (unpaired) electrons. The highest BCUT2D eigenvalue weighted by atomic mass is 35.5. The Labute approximate surface area is 138 Å². The number of anilines is 1. The van der Waals surface area contributed by atoms with E-state index in [9.17, 15) is 14.0 Å². The lowest BCUT2D eigenvalue weighted by atomic mass is 10.3. The SMILES string of the molecule is CC(=O)NCCCS[C@@H]1CCN(c2ccc(Cl)c(F)c2)C1=O. The summed E-state index contributed by atoms with van der Waals surface area (Å²) in [5.74, 6) is 0.252. The standard InChI is InChI=1S/C15H18ClFN2O2S/c1-10(20)18-6-2-8-22-14-5-7-19(15(14)21)11-3-4-12(16)13(17)9-11/h3-4,9,14H,2,5-8H2,1H3,(H,18,20)/t14-/m1/s1. The highest BCUT2D eigenvalue weighted by Crippen LogP contribution is 2.30. The number of amides is 2. The Kier molecular flexibility index (Phi) is 6.08. The molecule has 1 heterocycles. The normalized spacial score (nSPS) is 17.9. The largest absolute Gasteiger partial charge is 0.356 e. The Balaban J connectivity index is 1.84. The van der Waals surface area contributed by atoms with Gasteiger partial charge in [-0.2, -0.15) is 0 Å². The minimum atomic E-state index is -0.515. The van der Waals surface area contributed by atoms with Crippen molar-refractivity contribution in [1.82, 2.24) is 5.32 Å². The number of carbonyl (C=O) groups excluding carboxylic acids is 2. The van der Waals surface area contributed by atoms with Crippen LogP contribution < -0.4 is 10.2 Å². The molecule has 1 N–H and O–H groups in total. The summed E-state index contributed by atoms with van der Waals surface area (Å²) < 4.78 is 13.5. The molecule has 7 heteroatoms. The maximum absolute atomic E-state index is 13.5. The molecular formula is C15H18ClFN2O2S. The van der Waals surface area contributed by atoms with Crippen molar-refractivity contribution in [2.24, 2.45) is 0 Å². The average molecular weight is 345 g/mol. The van der Waals surface area contributed by atoms with Crippen LogP contribution in [0, 0.1) is 5.82 Å². The minimum absolute atomic E-state index is 0.00579. The number of nitrogens with zero attached hydrogens (tertiary/aromatic N) is 1. The molecule has 4 nitrogen and oxygen atoms in total. The Hall–Kier alpha value is -1.27.